The molecule has 1 rings (SSSR count). The number of hydrogen-bond donors (Lipinski definition) is 0. The maximum Gasteiger partial charge on any atom is 0.269 e. The van der Waals surface area contributed by atoms with Crippen molar-refractivity contribution < 1.29 is 17.9 Å². The molecular formula is C8H8NO5S-. The quantitative estimate of drug-likeness (QED) is 0.441. The molecular weight excluding hydrogens is 222 g/mol. The summed E-state index contributed by atoms with van der Waals surface area (Å²) < 4.78 is 32.1. The zero-order chi connectivity index (χ0) is 11.6. The SMILES string of the molecule is CC(c1cccc([N+](=O)[O-])c1)S(=O)(=O)[O-]. The van der Waals surface area contributed by atoms with Gasteiger partial charge in [0.25, 0.3) is 5.69 Å². The lowest BCUT2D eigenvalue weighted by molar-refractivity contribution is -0.384. The Morgan fingerprint density at radius 2 is 2.00 bits per heavy atom. The van der Waals surface area contributed by atoms with Crippen LogP contribution in [0.2, 0.25) is 0 Å². The summed E-state index contributed by atoms with van der Waals surface area (Å²) in [6.07, 6.45) is 0. The molecule has 1 aromatic rings. The lowest BCUT2D eigenvalue weighted by atomic mass is 10.1. The van der Waals surface area contributed by atoms with Crippen LogP contribution in [-0.2, 0) is 10.1 Å². The summed E-state index contributed by atoms with van der Waals surface area (Å²) in [7, 11) is -4.47. The van der Waals surface area contributed by atoms with Gasteiger partial charge in [0, 0.05) is 12.1 Å². The van der Waals surface area contributed by atoms with Gasteiger partial charge in [0.1, 0.15) is 10.1 Å². The van der Waals surface area contributed by atoms with Gasteiger partial charge >= 0.3 is 0 Å². The fourth-order valence-electron chi connectivity index (χ4n) is 1.06. The fraction of sp³-hybridized carbons (Fsp3) is 0.250. The highest BCUT2D eigenvalue weighted by Gasteiger charge is 2.15. The molecule has 0 heterocycles. The van der Waals surface area contributed by atoms with Crippen LogP contribution in [0.25, 0.3) is 0 Å². The largest absolute Gasteiger partial charge is 0.747 e. The van der Waals surface area contributed by atoms with Crippen LogP contribution in [0, 0.1) is 10.1 Å². The Kier molecular flexibility index (Phi) is 3.06. The van der Waals surface area contributed by atoms with Crippen LogP contribution in [0.5, 0.6) is 0 Å². The van der Waals surface area contributed by atoms with Crippen molar-refractivity contribution in [3.63, 3.8) is 0 Å². The van der Waals surface area contributed by atoms with E-state index in [1.165, 1.54) is 25.1 Å². The first-order valence-corrected chi connectivity index (χ1v) is 5.48. The minimum Gasteiger partial charge on any atom is -0.747 e. The lowest BCUT2D eigenvalue weighted by Crippen LogP contribution is -2.08. The number of nitrogens with zero attached hydrogens (tertiary/aromatic N) is 1. The number of nitro benzene ring substituents is 1. The Morgan fingerprint density at radius 1 is 1.40 bits per heavy atom. The van der Waals surface area contributed by atoms with Gasteiger partial charge in [0.05, 0.1) is 10.2 Å². The third-order valence-corrected chi connectivity index (χ3v) is 3.12. The van der Waals surface area contributed by atoms with Crippen molar-refractivity contribution in [3.8, 4) is 0 Å². The molecule has 0 aliphatic carbocycles. The zero-order valence-corrected chi connectivity index (χ0v) is 8.60. The van der Waals surface area contributed by atoms with E-state index in [2.05, 4.69) is 0 Å². The van der Waals surface area contributed by atoms with Crippen molar-refractivity contribution in [1.29, 1.82) is 0 Å². The molecule has 0 saturated carbocycles. The Bertz CT molecular complexity index is 482. The highest BCUT2D eigenvalue weighted by molar-refractivity contribution is 7.85. The van der Waals surface area contributed by atoms with Crippen LogP contribution >= 0.6 is 0 Å². The predicted octanol–water partition coefficient (Wildman–Crippen LogP) is 1.20. The van der Waals surface area contributed by atoms with Gasteiger partial charge in [-0.2, -0.15) is 0 Å². The van der Waals surface area contributed by atoms with Crippen molar-refractivity contribution in [1.82, 2.24) is 0 Å². The van der Waals surface area contributed by atoms with Crippen molar-refractivity contribution in [2.24, 2.45) is 0 Å². The second-order valence-corrected chi connectivity index (χ2v) is 4.68. The van der Waals surface area contributed by atoms with Gasteiger partial charge in [-0.1, -0.05) is 12.1 Å². The normalized spacial score (nSPS) is 13.5. The molecule has 0 aliphatic rings. The molecule has 0 bridgehead atoms. The predicted molar refractivity (Wildman–Crippen MR) is 51.2 cm³/mol. The molecule has 0 saturated heterocycles. The number of rotatable bonds is 3. The molecule has 0 fully saturated rings. The highest BCUT2D eigenvalue weighted by Crippen LogP contribution is 2.23. The fourth-order valence-corrected chi connectivity index (χ4v) is 1.54. The molecule has 0 amide bonds. The van der Waals surface area contributed by atoms with E-state index in [1.807, 2.05) is 0 Å². The molecule has 7 heteroatoms. The van der Waals surface area contributed by atoms with Crippen molar-refractivity contribution in [2.75, 3.05) is 0 Å². The minimum absolute atomic E-state index is 0.124. The summed E-state index contributed by atoms with van der Waals surface area (Å²) in [5, 5.41) is 9.12. The Labute approximate surface area is 86.4 Å². The Morgan fingerprint density at radius 3 is 2.47 bits per heavy atom. The van der Waals surface area contributed by atoms with Gasteiger partial charge in [-0.15, -0.1) is 0 Å². The molecule has 1 aromatic carbocycles. The van der Waals surface area contributed by atoms with E-state index in [9.17, 15) is 23.1 Å². The van der Waals surface area contributed by atoms with Gasteiger partial charge in [-0.05, 0) is 12.5 Å². The van der Waals surface area contributed by atoms with Crippen LogP contribution in [-0.4, -0.2) is 17.9 Å². The van der Waals surface area contributed by atoms with Crippen LogP contribution in [0.4, 0.5) is 5.69 Å². The number of hydrogen-bond acceptors (Lipinski definition) is 5. The van der Waals surface area contributed by atoms with Crippen molar-refractivity contribution in [2.45, 2.75) is 12.2 Å². The highest BCUT2D eigenvalue weighted by atomic mass is 32.2. The number of nitro groups is 1. The maximum absolute atomic E-state index is 10.7. The standard InChI is InChI=1S/C8H9NO5S/c1-6(15(12,13)14)7-3-2-4-8(5-7)9(10)11/h2-6H,1H3,(H,12,13,14)/p-1. The van der Waals surface area contributed by atoms with E-state index in [0.717, 1.165) is 6.07 Å². The Hall–Kier alpha value is -1.47. The third-order valence-electron chi connectivity index (χ3n) is 1.98. The summed E-state index contributed by atoms with van der Waals surface area (Å²) in [5.74, 6) is 0. The summed E-state index contributed by atoms with van der Waals surface area (Å²) in [4.78, 5) is 9.76. The topological polar surface area (TPSA) is 100 Å². The smallest absolute Gasteiger partial charge is 0.269 e. The molecule has 0 aromatic heterocycles. The van der Waals surface area contributed by atoms with Crippen LogP contribution in [0.3, 0.4) is 0 Å². The molecule has 0 spiro atoms. The monoisotopic (exact) mass is 230 g/mol. The van der Waals surface area contributed by atoms with E-state index in [-0.39, 0.29) is 11.3 Å². The lowest BCUT2D eigenvalue weighted by Gasteiger charge is -2.15. The molecule has 6 nitrogen and oxygen atoms in total. The Balaban J connectivity index is 3.17. The van der Waals surface area contributed by atoms with E-state index < -0.39 is 20.3 Å². The first-order valence-electron chi connectivity index (χ1n) is 4.01. The van der Waals surface area contributed by atoms with Crippen molar-refractivity contribution in [3.05, 3.63) is 39.9 Å². The molecule has 0 N–H and O–H groups in total. The van der Waals surface area contributed by atoms with E-state index in [4.69, 9.17) is 0 Å². The molecule has 0 radical (unpaired) electrons. The van der Waals surface area contributed by atoms with E-state index in [0.29, 0.717) is 0 Å². The molecule has 15 heavy (non-hydrogen) atoms. The second kappa shape index (κ2) is 3.95. The van der Waals surface area contributed by atoms with Gasteiger partial charge in [-0.3, -0.25) is 10.1 Å². The molecule has 0 aliphatic heterocycles. The van der Waals surface area contributed by atoms with Gasteiger partial charge in [-0.25, -0.2) is 8.42 Å². The molecule has 1 atom stereocenters. The first-order chi connectivity index (χ1) is 6.82. The molecule has 82 valence electrons. The van der Waals surface area contributed by atoms with Crippen LogP contribution < -0.4 is 0 Å². The summed E-state index contributed by atoms with van der Waals surface area (Å²) >= 11 is 0. The summed E-state index contributed by atoms with van der Waals surface area (Å²) in [6, 6.07) is 5.02. The average molecular weight is 230 g/mol. The maximum atomic E-state index is 10.7. The minimum atomic E-state index is -4.47. The van der Waals surface area contributed by atoms with E-state index >= 15 is 0 Å². The van der Waals surface area contributed by atoms with Gasteiger partial charge < -0.3 is 4.55 Å². The van der Waals surface area contributed by atoms with Gasteiger partial charge in [0.2, 0.25) is 0 Å². The second-order valence-electron chi connectivity index (χ2n) is 2.99. The van der Waals surface area contributed by atoms with Crippen LogP contribution in [0.15, 0.2) is 24.3 Å². The third kappa shape index (κ3) is 2.74. The summed E-state index contributed by atoms with van der Waals surface area (Å²) in [6.45, 7) is 1.20. The van der Waals surface area contributed by atoms with Crippen molar-refractivity contribution >= 4 is 15.8 Å². The van der Waals surface area contributed by atoms with Crippen LogP contribution in [0.1, 0.15) is 17.7 Å². The summed E-state index contributed by atoms with van der Waals surface area (Å²) in [5.41, 5.74) is -0.109. The average Bonchev–Trinajstić information content (AvgIpc) is 2.15. The zero-order valence-electron chi connectivity index (χ0n) is 7.78. The molecule has 1 unspecified atom stereocenters. The number of non-ortho nitro benzene ring substituents is 1. The first kappa shape index (κ1) is 11.6. The van der Waals surface area contributed by atoms with Gasteiger partial charge in [0.15, 0.2) is 0 Å². The van der Waals surface area contributed by atoms with E-state index in [1.54, 1.807) is 0 Å². The number of benzene rings is 1.